The van der Waals surface area contributed by atoms with Crippen LogP contribution in [0.3, 0.4) is 0 Å². The van der Waals surface area contributed by atoms with Gasteiger partial charge in [0.1, 0.15) is 9.75 Å². The van der Waals surface area contributed by atoms with Crippen molar-refractivity contribution in [2.75, 3.05) is 57.4 Å². The molecule has 10 heteroatoms. The van der Waals surface area contributed by atoms with Gasteiger partial charge in [-0.25, -0.2) is 9.59 Å². The molecule has 34 heavy (non-hydrogen) atoms. The van der Waals surface area contributed by atoms with E-state index in [2.05, 4.69) is 21.9 Å². The highest BCUT2D eigenvalue weighted by molar-refractivity contribution is 7.18. The molecule has 0 radical (unpaired) electrons. The molecule has 1 N–H and O–H groups in total. The molecule has 4 heterocycles. The van der Waals surface area contributed by atoms with E-state index in [9.17, 15) is 9.59 Å². The van der Waals surface area contributed by atoms with Gasteiger partial charge in [0.2, 0.25) is 0 Å². The second-order valence-corrected chi connectivity index (χ2v) is 10.1. The third-order valence-corrected chi connectivity index (χ3v) is 7.89. The van der Waals surface area contributed by atoms with Crippen molar-refractivity contribution in [3.8, 4) is 0 Å². The van der Waals surface area contributed by atoms with Gasteiger partial charge >= 0.3 is 11.9 Å². The summed E-state index contributed by atoms with van der Waals surface area (Å²) in [4.78, 5) is 26.4. The smallest absolute Gasteiger partial charge is 0.348 e. The van der Waals surface area contributed by atoms with Gasteiger partial charge in [0, 0.05) is 45.1 Å². The molecule has 4 rings (SSSR count). The Bertz CT molecular complexity index is 903. The van der Waals surface area contributed by atoms with Gasteiger partial charge in [0.15, 0.2) is 0 Å². The number of hydrogen-bond acceptors (Lipinski definition) is 10. The van der Waals surface area contributed by atoms with Gasteiger partial charge in [-0.05, 0) is 56.9 Å². The van der Waals surface area contributed by atoms with E-state index in [4.69, 9.17) is 14.2 Å². The minimum Gasteiger partial charge on any atom is -0.465 e. The molecular weight excluding hydrogens is 476 g/mol. The summed E-state index contributed by atoms with van der Waals surface area (Å²) in [6.45, 7) is 6.38. The molecule has 0 aliphatic carbocycles. The highest BCUT2D eigenvalue weighted by Gasteiger charge is 2.22. The van der Waals surface area contributed by atoms with Crippen LogP contribution in [0.4, 0.5) is 10.0 Å². The number of nitrogens with zero attached hydrogens (tertiary/aromatic N) is 1. The summed E-state index contributed by atoms with van der Waals surface area (Å²) in [6.07, 6.45) is 4.15. The molecule has 0 amide bonds. The first-order valence-corrected chi connectivity index (χ1v) is 13.2. The van der Waals surface area contributed by atoms with Crippen molar-refractivity contribution in [3.63, 3.8) is 0 Å². The average molecular weight is 511 g/mol. The number of rotatable bonds is 7. The zero-order valence-electron chi connectivity index (χ0n) is 20.0. The number of anilines is 2. The second kappa shape index (κ2) is 13.7. The van der Waals surface area contributed by atoms with Crippen LogP contribution in [0.1, 0.15) is 52.0 Å². The van der Waals surface area contributed by atoms with E-state index in [1.165, 1.54) is 36.9 Å². The Morgan fingerprint density at radius 2 is 1.47 bits per heavy atom. The van der Waals surface area contributed by atoms with Crippen LogP contribution in [0.15, 0.2) is 24.3 Å². The minimum absolute atomic E-state index is 0.255. The number of carbonyl (C=O) groups excluding carboxylic acids is 2. The Hall–Kier alpha value is -2.14. The van der Waals surface area contributed by atoms with Crippen LogP contribution in [-0.4, -0.2) is 71.2 Å². The van der Waals surface area contributed by atoms with Gasteiger partial charge in [0.05, 0.1) is 24.2 Å². The number of methoxy groups -OCH3 is 2. The molecule has 2 fully saturated rings. The highest BCUT2D eigenvalue weighted by Crippen LogP contribution is 2.30. The number of hydrogen-bond donors (Lipinski definition) is 1. The van der Waals surface area contributed by atoms with Crippen LogP contribution in [0.25, 0.3) is 0 Å². The molecule has 2 aliphatic rings. The SMILES string of the molecule is CCN(c1ccc(C(=O)OC)s1)C1CCOCC1.COC(=O)c1ccc(NC2CCOCC2)s1. The molecule has 2 aromatic rings. The lowest BCUT2D eigenvalue weighted by Gasteiger charge is -2.34. The maximum Gasteiger partial charge on any atom is 0.348 e. The Labute approximate surface area is 209 Å². The van der Waals surface area contributed by atoms with Gasteiger partial charge in [-0.2, -0.15) is 0 Å². The van der Waals surface area contributed by atoms with Crippen LogP contribution < -0.4 is 10.2 Å². The quantitative estimate of drug-likeness (QED) is 0.538. The molecule has 0 saturated carbocycles. The predicted octanol–water partition coefficient (Wildman–Crippen LogP) is 4.67. The zero-order valence-corrected chi connectivity index (χ0v) is 21.7. The Balaban J connectivity index is 0.000000192. The minimum atomic E-state index is -0.273. The lowest BCUT2D eigenvalue weighted by atomic mass is 10.1. The summed E-state index contributed by atoms with van der Waals surface area (Å²) in [5.41, 5.74) is 0. The summed E-state index contributed by atoms with van der Waals surface area (Å²) in [5.74, 6) is -0.528. The summed E-state index contributed by atoms with van der Waals surface area (Å²) < 4.78 is 20.1. The van der Waals surface area contributed by atoms with Crippen molar-refractivity contribution in [1.82, 2.24) is 0 Å². The Morgan fingerprint density at radius 1 is 0.912 bits per heavy atom. The molecule has 0 atom stereocenters. The van der Waals surface area contributed by atoms with Gasteiger partial charge in [-0.15, -0.1) is 22.7 Å². The monoisotopic (exact) mass is 510 g/mol. The molecule has 0 aromatic carbocycles. The van der Waals surface area contributed by atoms with Crippen molar-refractivity contribution < 1.29 is 28.5 Å². The zero-order chi connectivity index (χ0) is 24.3. The Morgan fingerprint density at radius 3 is 2.06 bits per heavy atom. The molecule has 0 bridgehead atoms. The number of carbonyl (C=O) groups is 2. The molecule has 188 valence electrons. The average Bonchev–Trinajstić information content (AvgIpc) is 3.56. The third-order valence-electron chi connectivity index (χ3n) is 5.79. The molecule has 0 spiro atoms. The van der Waals surface area contributed by atoms with Crippen molar-refractivity contribution in [1.29, 1.82) is 0 Å². The van der Waals surface area contributed by atoms with Gasteiger partial charge < -0.3 is 29.2 Å². The third kappa shape index (κ3) is 7.43. The van der Waals surface area contributed by atoms with E-state index >= 15 is 0 Å². The van der Waals surface area contributed by atoms with Gasteiger partial charge in [-0.3, -0.25) is 0 Å². The number of thiophene rings is 2. The molecular formula is C24H34N2O6S2. The normalized spacial score (nSPS) is 16.8. The maximum atomic E-state index is 11.5. The fourth-order valence-corrected chi connectivity index (χ4v) is 5.91. The first-order valence-electron chi connectivity index (χ1n) is 11.6. The van der Waals surface area contributed by atoms with Crippen molar-refractivity contribution >= 4 is 44.6 Å². The summed E-state index contributed by atoms with van der Waals surface area (Å²) in [7, 11) is 2.81. The highest BCUT2D eigenvalue weighted by atomic mass is 32.1. The largest absolute Gasteiger partial charge is 0.465 e. The standard InChI is InChI=1S/C13H19NO3S.C11H15NO3S/c1-3-14(10-6-8-17-9-7-10)12-5-4-11(18-12)13(15)16-2;1-14-11(13)9-2-3-10(16-9)12-8-4-6-15-7-5-8/h4-5,10H,3,6-9H2,1-2H3;2-3,8,12H,4-7H2,1H3. The fraction of sp³-hybridized carbons (Fsp3) is 0.583. The van der Waals surface area contributed by atoms with Crippen LogP contribution in [0.5, 0.6) is 0 Å². The number of esters is 2. The van der Waals surface area contributed by atoms with E-state index in [-0.39, 0.29) is 11.9 Å². The first kappa shape index (κ1) is 26.5. The van der Waals surface area contributed by atoms with Gasteiger partial charge in [-0.1, -0.05) is 0 Å². The Kier molecular flexibility index (Phi) is 10.6. The van der Waals surface area contributed by atoms with Crippen molar-refractivity contribution in [2.45, 2.75) is 44.7 Å². The summed E-state index contributed by atoms with van der Waals surface area (Å²) in [6, 6.07) is 8.54. The van der Waals surface area contributed by atoms with E-state index in [1.54, 1.807) is 6.07 Å². The van der Waals surface area contributed by atoms with Crippen molar-refractivity contribution in [2.24, 2.45) is 0 Å². The van der Waals surface area contributed by atoms with E-state index < -0.39 is 0 Å². The van der Waals surface area contributed by atoms with E-state index in [0.29, 0.717) is 21.8 Å². The molecule has 2 aromatic heterocycles. The maximum absolute atomic E-state index is 11.5. The topological polar surface area (TPSA) is 86.3 Å². The summed E-state index contributed by atoms with van der Waals surface area (Å²) >= 11 is 2.94. The lowest BCUT2D eigenvalue weighted by molar-refractivity contribution is 0.0597. The number of nitrogens with one attached hydrogen (secondary N) is 1. The van der Waals surface area contributed by atoms with Crippen LogP contribution in [0, 0.1) is 0 Å². The second-order valence-electron chi connectivity index (χ2n) is 7.95. The van der Waals surface area contributed by atoms with Crippen LogP contribution in [-0.2, 0) is 18.9 Å². The summed E-state index contributed by atoms with van der Waals surface area (Å²) in [5, 5.41) is 5.57. The molecule has 0 unspecified atom stereocenters. The van der Waals surface area contributed by atoms with Crippen molar-refractivity contribution in [3.05, 3.63) is 34.0 Å². The van der Waals surface area contributed by atoms with Gasteiger partial charge in [0.25, 0.3) is 0 Å². The molecule has 2 saturated heterocycles. The number of ether oxygens (including phenoxy) is 4. The molecule has 2 aliphatic heterocycles. The predicted molar refractivity (Wildman–Crippen MR) is 136 cm³/mol. The van der Waals surface area contributed by atoms with E-state index in [0.717, 1.165) is 68.7 Å². The lowest BCUT2D eigenvalue weighted by Crippen LogP contribution is -2.38. The van der Waals surface area contributed by atoms with E-state index in [1.807, 2.05) is 18.2 Å². The first-order chi connectivity index (χ1) is 16.5. The van der Waals surface area contributed by atoms with Crippen LogP contribution >= 0.6 is 22.7 Å². The fourth-order valence-electron chi connectivity index (χ4n) is 3.95. The molecule has 8 nitrogen and oxygen atoms in total. The van der Waals surface area contributed by atoms with Crippen LogP contribution in [0.2, 0.25) is 0 Å².